The van der Waals surface area contributed by atoms with Gasteiger partial charge < -0.3 is 9.84 Å². The molecule has 0 aromatic carbocycles. The SMILES string of the molecule is CC1(C)CC(C(O)CC2=CCCCC2)C(C)(C)O1. The number of hydrogen-bond acceptors (Lipinski definition) is 2. The quantitative estimate of drug-likeness (QED) is 0.773. The lowest BCUT2D eigenvalue weighted by atomic mass is 9.80. The predicted molar refractivity (Wildman–Crippen MR) is 74.5 cm³/mol. The number of rotatable bonds is 3. The average molecular weight is 252 g/mol. The summed E-state index contributed by atoms with van der Waals surface area (Å²) < 4.78 is 6.08. The molecule has 0 aromatic rings. The Morgan fingerprint density at radius 3 is 2.56 bits per heavy atom. The molecule has 0 spiro atoms. The van der Waals surface area contributed by atoms with Crippen LogP contribution in [0, 0.1) is 5.92 Å². The minimum absolute atomic E-state index is 0.101. The van der Waals surface area contributed by atoms with E-state index in [1.807, 2.05) is 0 Å². The van der Waals surface area contributed by atoms with Crippen molar-refractivity contribution in [2.45, 2.75) is 83.5 Å². The Morgan fingerprint density at radius 2 is 2.06 bits per heavy atom. The summed E-state index contributed by atoms with van der Waals surface area (Å²) >= 11 is 0. The zero-order valence-electron chi connectivity index (χ0n) is 12.3. The van der Waals surface area contributed by atoms with Gasteiger partial charge in [0.1, 0.15) is 0 Å². The highest BCUT2D eigenvalue weighted by Crippen LogP contribution is 2.44. The maximum absolute atomic E-state index is 10.5. The lowest BCUT2D eigenvalue weighted by Crippen LogP contribution is -2.36. The van der Waals surface area contributed by atoms with Gasteiger partial charge in [-0.25, -0.2) is 0 Å². The average Bonchev–Trinajstić information content (AvgIpc) is 2.48. The van der Waals surface area contributed by atoms with Crippen molar-refractivity contribution in [3.05, 3.63) is 11.6 Å². The van der Waals surface area contributed by atoms with E-state index in [4.69, 9.17) is 4.74 Å². The normalized spacial score (nSPS) is 32.1. The molecule has 2 heteroatoms. The van der Waals surface area contributed by atoms with Crippen LogP contribution in [-0.4, -0.2) is 22.4 Å². The van der Waals surface area contributed by atoms with E-state index in [-0.39, 0.29) is 23.2 Å². The van der Waals surface area contributed by atoms with Gasteiger partial charge in [-0.1, -0.05) is 11.6 Å². The van der Waals surface area contributed by atoms with Crippen LogP contribution in [0.25, 0.3) is 0 Å². The van der Waals surface area contributed by atoms with E-state index in [1.165, 1.54) is 31.3 Å². The fourth-order valence-corrected chi connectivity index (χ4v) is 3.71. The fraction of sp³-hybridized carbons (Fsp3) is 0.875. The Bertz CT molecular complexity index is 328. The molecule has 18 heavy (non-hydrogen) atoms. The fourth-order valence-electron chi connectivity index (χ4n) is 3.71. The van der Waals surface area contributed by atoms with Crippen LogP contribution in [0.1, 0.15) is 66.2 Å². The van der Waals surface area contributed by atoms with Crippen molar-refractivity contribution in [2.75, 3.05) is 0 Å². The smallest absolute Gasteiger partial charge is 0.0687 e. The van der Waals surface area contributed by atoms with E-state index in [0.717, 1.165) is 12.8 Å². The minimum Gasteiger partial charge on any atom is -0.392 e. The highest BCUT2D eigenvalue weighted by Gasteiger charge is 2.48. The molecule has 0 aromatic heterocycles. The molecule has 2 atom stereocenters. The molecule has 0 bridgehead atoms. The molecule has 1 aliphatic carbocycles. The summed E-state index contributed by atoms with van der Waals surface area (Å²) in [6.07, 6.45) is 8.83. The first kappa shape index (κ1) is 14.1. The summed E-state index contributed by atoms with van der Waals surface area (Å²) in [4.78, 5) is 0. The number of aliphatic hydroxyl groups is 1. The van der Waals surface area contributed by atoms with Gasteiger partial charge in [0.2, 0.25) is 0 Å². The molecule has 2 nitrogen and oxygen atoms in total. The third-order valence-electron chi connectivity index (χ3n) is 4.46. The first-order chi connectivity index (χ1) is 8.30. The van der Waals surface area contributed by atoms with Crippen molar-refractivity contribution in [2.24, 2.45) is 5.92 Å². The Labute approximate surface area is 111 Å². The van der Waals surface area contributed by atoms with Gasteiger partial charge in [-0.2, -0.15) is 0 Å². The van der Waals surface area contributed by atoms with Gasteiger partial charge in [0.05, 0.1) is 17.3 Å². The number of aliphatic hydroxyl groups excluding tert-OH is 1. The van der Waals surface area contributed by atoms with Crippen LogP contribution in [0.4, 0.5) is 0 Å². The van der Waals surface area contributed by atoms with Crippen molar-refractivity contribution in [3.8, 4) is 0 Å². The second kappa shape index (κ2) is 4.97. The molecule has 1 saturated heterocycles. The monoisotopic (exact) mass is 252 g/mol. The van der Waals surface area contributed by atoms with E-state index in [0.29, 0.717) is 0 Å². The summed E-state index contributed by atoms with van der Waals surface area (Å²) in [7, 11) is 0. The molecule has 2 rings (SSSR count). The molecule has 104 valence electrons. The van der Waals surface area contributed by atoms with Gasteiger partial charge in [-0.05, 0) is 66.2 Å². The Balaban J connectivity index is 2.00. The first-order valence-corrected chi connectivity index (χ1v) is 7.36. The summed E-state index contributed by atoms with van der Waals surface area (Å²) in [5.41, 5.74) is 1.14. The standard InChI is InChI=1S/C16H28O2/c1-15(2)11-13(16(3,4)18-15)14(17)10-12-8-6-5-7-9-12/h8,13-14,17H,5-7,9-11H2,1-4H3. The lowest BCUT2D eigenvalue weighted by Gasteiger charge is -2.31. The molecule has 0 amide bonds. The summed E-state index contributed by atoms with van der Waals surface area (Å²) in [6, 6.07) is 0. The molecule has 1 aliphatic heterocycles. The van der Waals surface area contributed by atoms with Gasteiger partial charge in [-0.15, -0.1) is 0 Å². The van der Waals surface area contributed by atoms with Crippen molar-refractivity contribution in [3.63, 3.8) is 0 Å². The predicted octanol–water partition coefficient (Wildman–Crippen LogP) is 3.83. The largest absolute Gasteiger partial charge is 0.392 e. The molecule has 2 unspecified atom stereocenters. The second-order valence-corrected chi connectivity index (χ2v) is 7.16. The van der Waals surface area contributed by atoms with Crippen LogP contribution in [0.2, 0.25) is 0 Å². The van der Waals surface area contributed by atoms with Crippen LogP contribution in [-0.2, 0) is 4.74 Å². The van der Waals surface area contributed by atoms with Crippen LogP contribution in [0.15, 0.2) is 11.6 Å². The third-order valence-corrected chi connectivity index (χ3v) is 4.46. The van der Waals surface area contributed by atoms with Gasteiger partial charge in [0.25, 0.3) is 0 Å². The van der Waals surface area contributed by atoms with Gasteiger partial charge >= 0.3 is 0 Å². The first-order valence-electron chi connectivity index (χ1n) is 7.36. The minimum atomic E-state index is -0.258. The van der Waals surface area contributed by atoms with Gasteiger partial charge in [0.15, 0.2) is 0 Å². The summed E-state index contributed by atoms with van der Waals surface area (Å²) in [5, 5.41) is 10.5. The number of hydrogen-bond donors (Lipinski definition) is 1. The maximum Gasteiger partial charge on any atom is 0.0687 e. The third kappa shape index (κ3) is 3.16. The molecule has 0 radical (unpaired) electrons. The van der Waals surface area contributed by atoms with Crippen LogP contribution in [0.5, 0.6) is 0 Å². The highest BCUT2D eigenvalue weighted by atomic mass is 16.5. The Morgan fingerprint density at radius 1 is 1.33 bits per heavy atom. The molecular formula is C16H28O2. The van der Waals surface area contributed by atoms with Crippen LogP contribution >= 0.6 is 0 Å². The number of allylic oxidation sites excluding steroid dienone is 1. The number of ether oxygens (including phenoxy) is 1. The second-order valence-electron chi connectivity index (χ2n) is 7.16. The Kier molecular flexibility index (Phi) is 3.89. The molecule has 1 heterocycles. The van der Waals surface area contributed by atoms with E-state index in [2.05, 4.69) is 33.8 Å². The van der Waals surface area contributed by atoms with E-state index < -0.39 is 0 Å². The van der Waals surface area contributed by atoms with Crippen molar-refractivity contribution >= 4 is 0 Å². The molecule has 1 N–H and O–H groups in total. The summed E-state index contributed by atoms with van der Waals surface area (Å²) in [6.45, 7) is 8.48. The zero-order valence-corrected chi connectivity index (χ0v) is 12.3. The molecule has 2 aliphatic rings. The van der Waals surface area contributed by atoms with Crippen LogP contribution in [0.3, 0.4) is 0 Å². The van der Waals surface area contributed by atoms with E-state index in [9.17, 15) is 5.11 Å². The maximum atomic E-state index is 10.5. The van der Waals surface area contributed by atoms with Gasteiger partial charge in [0, 0.05) is 5.92 Å². The molecular weight excluding hydrogens is 224 g/mol. The summed E-state index contributed by atoms with van der Waals surface area (Å²) in [5.74, 6) is 0.246. The van der Waals surface area contributed by atoms with Crippen molar-refractivity contribution in [1.82, 2.24) is 0 Å². The topological polar surface area (TPSA) is 29.5 Å². The van der Waals surface area contributed by atoms with E-state index >= 15 is 0 Å². The lowest BCUT2D eigenvalue weighted by molar-refractivity contribution is -0.0873. The Hall–Kier alpha value is -0.340. The van der Waals surface area contributed by atoms with Crippen molar-refractivity contribution < 1.29 is 9.84 Å². The molecule has 0 saturated carbocycles. The molecule has 1 fully saturated rings. The van der Waals surface area contributed by atoms with E-state index in [1.54, 1.807) is 0 Å². The highest BCUT2D eigenvalue weighted by molar-refractivity contribution is 5.09. The van der Waals surface area contributed by atoms with Crippen molar-refractivity contribution in [1.29, 1.82) is 0 Å². The zero-order chi connectivity index (χ0) is 13.4. The van der Waals surface area contributed by atoms with Crippen LogP contribution < -0.4 is 0 Å². The van der Waals surface area contributed by atoms with Gasteiger partial charge in [-0.3, -0.25) is 0 Å².